The van der Waals surface area contributed by atoms with Gasteiger partial charge in [0, 0.05) is 13.5 Å². The molecular weight excluding hydrogens is 294 g/mol. The van der Waals surface area contributed by atoms with Crippen LogP contribution < -0.4 is 0 Å². The second kappa shape index (κ2) is 6.36. The monoisotopic (exact) mass is 313 g/mol. The molecule has 0 N–H and O–H groups in total. The molecule has 1 rings (SSSR count). The lowest BCUT2D eigenvalue weighted by Gasteiger charge is -2.19. The van der Waals surface area contributed by atoms with Crippen LogP contribution in [0, 0.1) is 20.8 Å². The molecule has 21 heavy (non-hydrogen) atoms. The van der Waals surface area contributed by atoms with Crippen LogP contribution in [-0.4, -0.2) is 31.7 Å². The van der Waals surface area contributed by atoms with Gasteiger partial charge in [-0.15, -0.1) is 4.28 Å². The van der Waals surface area contributed by atoms with E-state index in [2.05, 4.69) is 0 Å². The highest BCUT2D eigenvalue weighted by molar-refractivity contribution is 7.86. The number of Topliss-reactive ketones (excluding diaryl/α,β-unsaturated/α-hetero) is 1. The first kappa shape index (κ1) is 17.3. The maximum Gasteiger partial charge on any atom is 0.318 e. The summed E-state index contributed by atoms with van der Waals surface area (Å²) < 4.78 is 29.5. The van der Waals surface area contributed by atoms with E-state index >= 15 is 0 Å². The Kier molecular flexibility index (Phi) is 5.25. The number of aryl methyl sites for hydroxylation is 3. The van der Waals surface area contributed by atoms with Crippen molar-refractivity contribution in [1.82, 2.24) is 5.06 Å². The quantitative estimate of drug-likeness (QED) is 0.610. The summed E-state index contributed by atoms with van der Waals surface area (Å²) in [6, 6.07) is 3.43. The van der Waals surface area contributed by atoms with E-state index in [1.165, 1.54) is 6.92 Å². The fraction of sp³-hybridized carbons (Fsp3) is 0.429. The highest BCUT2D eigenvalue weighted by atomic mass is 32.2. The summed E-state index contributed by atoms with van der Waals surface area (Å²) in [5.41, 5.74) is 1.98. The molecule has 0 aliphatic heterocycles. The van der Waals surface area contributed by atoms with Crippen molar-refractivity contribution in [3.8, 4) is 0 Å². The number of benzene rings is 1. The third kappa shape index (κ3) is 3.89. The third-order valence-corrected chi connectivity index (χ3v) is 4.38. The van der Waals surface area contributed by atoms with Gasteiger partial charge in [-0.25, -0.2) is 0 Å². The highest BCUT2D eigenvalue weighted by Gasteiger charge is 2.28. The molecule has 6 nitrogen and oxygen atoms in total. The zero-order valence-corrected chi connectivity index (χ0v) is 13.6. The van der Waals surface area contributed by atoms with Crippen LogP contribution in [0.3, 0.4) is 0 Å². The van der Waals surface area contributed by atoms with Gasteiger partial charge in [0.25, 0.3) is 0 Å². The van der Waals surface area contributed by atoms with Crippen LogP contribution in [-0.2, 0) is 24.0 Å². The number of likely N-dealkylation sites (N-methyl/N-ethyl adjacent to an activating group) is 1. The van der Waals surface area contributed by atoms with Crippen LogP contribution in [0.5, 0.6) is 0 Å². The first-order valence-corrected chi connectivity index (χ1v) is 7.85. The van der Waals surface area contributed by atoms with Crippen molar-refractivity contribution in [3.05, 3.63) is 28.8 Å². The fourth-order valence-corrected chi connectivity index (χ4v) is 3.51. The molecule has 0 unspecified atom stereocenters. The summed E-state index contributed by atoms with van der Waals surface area (Å²) in [7, 11) is -4.18. The molecule has 7 heteroatoms. The molecule has 0 heterocycles. The highest BCUT2D eigenvalue weighted by Crippen LogP contribution is 2.24. The van der Waals surface area contributed by atoms with Crippen molar-refractivity contribution >= 4 is 21.8 Å². The van der Waals surface area contributed by atoms with Gasteiger partial charge in [0.05, 0.1) is 0 Å². The number of hydroxylamine groups is 2. The van der Waals surface area contributed by atoms with Gasteiger partial charge in [-0.05, 0) is 38.8 Å². The summed E-state index contributed by atoms with van der Waals surface area (Å²) in [5.74, 6) is -1.78. The first-order chi connectivity index (χ1) is 9.60. The zero-order chi connectivity index (χ0) is 16.4. The number of rotatable bonds is 5. The predicted molar refractivity (Wildman–Crippen MR) is 77.0 cm³/mol. The van der Waals surface area contributed by atoms with E-state index in [0.29, 0.717) is 16.2 Å². The molecule has 0 fully saturated rings. The van der Waals surface area contributed by atoms with E-state index in [4.69, 9.17) is 4.28 Å². The van der Waals surface area contributed by atoms with Gasteiger partial charge in [0.1, 0.15) is 4.90 Å². The summed E-state index contributed by atoms with van der Waals surface area (Å²) in [5, 5.41) is 0.552. The molecule has 0 radical (unpaired) electrons. The van der Waals surface area contributed by atoms with Crippen LogP contribution in [0.1, 0.15) is 30.5 Å². The summed E-state index contributed by atoms with van der Waals surface area (Å²) in [4.78, 5) is 22.7. The van der Waals surface area contributed by atoms with Crippen molar-refractivity contribution in [2.24, 2.45) is 0 Å². The second-order valence-electron chi connectivity index (χ2n) is 4.81. The Balaban J connectivity index is 3.24. The molecule has 1 aromatic carbocycles. The zero-order valence-electron chi connectivity index (χ0n) is 12.8. The number of hydrogen-bond donors (Lipinski definition) is 0. The van der Waals surface area contributed by atoms with Crippen molar-refractivity contribution < 1.29 is 22.3 Å². The normalized spacial score (nSPS) is 11.3. The number of ketones is 1. The Bertz CT molecular complexity index is 656. The maximum absolute atomic E-state index is 12.4. The Morgan fingerprint density at radius 1 is 1.14 bits per heavy atom. The Morgan fingerprint density at radius 2 is 1.62 bits per heavy atom. The number of hydrogen-bond acceptors (Lipinski definition) is 5. The first-order valence-electron chi connectivity index (χ1n) is 6.45. The largest absolute Gasteiger partial charge is 0.318 e. The Hall–Kier alpha value is -1.73. The molecule has 0 saturated carbocycles. The summed E-state index contributed by atoms with van der Waals surface area (Å²) in [6.45, 7) is 7.68. The third-order valence-electron chi connectivity index (χ3n) is 2.86. The van der Waals surface area contributed by atoms with E-state index in [1.807, 2.05) is 6.92 Å². The molecule has 1 aromatic rings. The molecule has 0 atom stereocenters. The van der Waals surface area contributed by atoms with Gasteiger partial charge in [-0.1, -0.05) is 17.7 Å². The van der Waals surface area contributed by atoms with Crippen LogP contribution >= 0.6 is 0 Å². The second-order valence-corrected chi connectivity index (χ2v) is 6.28. The molecule has 0 saturated heterocycles. The average Bonchev–Trinajstić information content (AvgIpc) is 2.33. The number of carbonyl (C=O) groups is 2. The van der Waals surface area contributed by atoms with Crippen molar-refractivity contribution in [1.29, 1.82) is 0 Å². The van der Waals surface area contributed by atoms with Gasteiger partial charge in [-0.3, -0.25) is 9.59 Å². The van der Waals surface area contributed by atoms with Crippen LogP contribution in [0.25, 0.3) is 0 Å². The SMILES string of the molecule is CCN(OS(=O)(=O)c1c(C)cc(C)cc1C)C(=O)C(C)=O. The van der Waals surface area contributed by atoms with Crippen molar-refractivity contribution in [2.45, 2.75) is 39.5 Å². The van der Waals surface area contributed by atoms with Crippen molar-refractivity contribution in [2.75, 3.05) is 6.54 Å². The topological polar surface area (TPSA) is 80.8 Å². The van der Waals surface area contributed by atoms with E-state index in [0.717, 1.165) is 12.5 Å². The van der Waals surface area contributed by atoms with Gasteiger partial charge in [-0.2, -0.15) is 13.5 Å². The minimum absolute atomic E-state index is 0.0166. The van der Waals surface area contributed by atoms with Crippen molar-refractivity contribution in [3.63, 3.8) is 0 Å². The lowest BCUT2D eigenvalue weighted by atomic mass is 10.1. The summed E-state index contributed by atoms with van der Waals surface area (Å²) >= 11 is 0. The Morgan fingerprint density at radius 3 is 2.00 bits per heavy atom. The maximum atomic E-state index is 12.4. The minimum atomic E-state index is -4.18. The van der Waals surface area contributed by atoms with Crippen LogP contribution in [0.2, 0.25) is 0 Å². The van der Waals surface area contributed by atoms with Crippen LogP contribution in [0.15, 0.2) is 17.0 Å². The molecule has 0 spiro atoms. The fourth-order valence-electron chi connectivity index (χ4n) is 2.12. The average molecular weight is 313 g/mol. The number of carbonyl (C=O) groups excluding carboxylic acids is 2. The molecule has 116 valence electrons. The minimum Gasteiger partial charge on any atom is -0.289 e. The van der Waals surface area contributed by atoms with Gasteiger partial charge >= 0.3 is 16.0 Å². The standard InChI is InChI=1S/C14H19NO5S/c1-6-15(14(17)12(5)16)20-21(18,19)13-10(3)7-9(2)8-11(13)4/h7-8H,6H2,1-5H3. The molecule has 0 aromatic heterocycles. The van der Waals surface area contributed by atoms with Crippen LogP contribution in [0.4, 0.5) is 0 Å². The van der Waals surface area contributed by atoms with E-state index < -0.39 is 21.8 Å². The molecule has 0 aliphatic carbocycles. The molecule has 0 aliphatic rings. The lowest BCUT2D eigenvalue weighted by molar-refractivity contribution is -0.161. The molecular formula is C14H19NO5S. The molecule has 0 bridgehead atoms. The van der Waals surface area contributed by atoms with Gasteiger partial charge < -0.3 is 0 Å². The van der Waals surface area contributed by atoms with E-state index in [-0.39, 0.29) is 11.4 Å². The predicted octanol–water partition coefficient (Wildman–Crippen LogP) is 1.67. The van der Waals surface area contributed by atoms with E-state index in [9.17, 15) is 18.0 Å². The number of nitrogens with zero attached hydrogens (tertiary/aromatic N) is 1. The van der Waals surface area contributed by atoms with E-state index in [1.54, 1.807) is 26.0 Å². The Labute approximate surface area is 124 Å². The number of amides is 1. The van der Waals surface area contributed by atoms with Gasteiger partial charge in [0.15, 0.2) is 0 Å². The summed E-state index contributed by atoms with van der Waals surface area (Å²) in [6.07, 6.45) is 0. The smallest absolute Gasteiger partial charge is 0.289 e. The lowest BCUT2D eigenvalue weighted by Crippen LogP contribution is -2.37. The molecule has 1 amide bonds. The van der Waals surface area contributed by atoms with Gasteiger partial charge in [0.2, 0.25) is 5.78 Å².